The number of nitrogens with one attached hydrogen (secondary N) is 1. The summed E-state index contributed by atoms with van der Waals surface area (Å²) in [6.07, 6.45) is 0. The number of furan rings is 1. The van der Waals surface area contributed by atoms with Gasteiger partial charge in [-0.1, -0.05) is 18.2 Å². The number of hydrogen-bond donors (Lipinski definition) is 1. The molecule has 0 aliphatic carbocycles. The van der Waals surface area contributed by atoms with E-state index in [0.29, 0.717) is 28.3 Å². The number of rotatable bonds is 7. The van der Waals surface area contributed by atoms with Crippen LogP contribution in [0.5, 0.6) is 5.75 Å². The van der Waals surface area contributed by atoms with Crippen molar-refractivity contribution in [2.75, 3.05) is 38.0 Å². The van der Waals surface area contributed by atoms with Gasteiger partial charge in [-0.2, -0.15) is 0 Å². The molecule has 0 bridgehead atoms. The third kappa shape index (κ3) is 4.33. The van der Waals surface area contributed by atoms with Crippen molar-refractivity contribution in [3.05, 3.63) is 70.3 Å². The number of carbonyl (C=O) groups is 2. The summed E-state index contributed by atoms with van der Waals surface area (Å²) in [6.45, 7) is -0.594. The van der Waals surface area contributed by atoms with Gasteiger partial charge in [0.2, 0.25) is 0 Å². The van der Waals surface area contributed by atoms with Crippen molar-refractivity contribution in [1.82, 2.24) is 0 Å². The van der Waals surface area contributed by atoms with Gasteiger partial charge in [0.05, 0.1) is 23.3 Å². The number of nitro benzene ring substituents is 1. The molecule has 10 nitrogen and oxygen atoms in total. The Morgan fingerprint density at radius 3 is 2.53 bits per heavy atom. The third-order valence-corrected chi connectivity index (χ3v) is 5.20. The minimum absolute atomic E-state index is 0.0358. The fraction of sp³-hybridized carbons (Fsp3) is 0.167. The zero-order valence-corrected chi connectivity index (χ0v) is 18.7. The molecule has 0 unspecified atom stereocenters. The van der Waals surface area contributed by atoms with E-state index in [1.165, 1.54) is 19.2 Å². The maximum Gasteiger partial charge on any atom is 0.338 e. The molecule has 10 heteroatoms. The number of para-hydroxylation sites is 1. The van der Waals surface area contributed by atoms with E-state index in [1.54, 1.807) is 31.1 Å². The quantitative estimate of drug-likeness (QED) is 0.243. The second kappa shape index (κ2) is 9.10. The van der Waals surface area contributed by atoms with Crippen molar-refractivity contribution >= 4 is 50.9 Å². The molecule has 0 spiro atoms. The van der Waals surface area contributed by atoms with Gasteiger partial charge < -0.3 is 24.1 Å². The second-order valence-corrected chi connectivity index (χ2v) is 7.63. The Hall–Kier alpha value is -4.60. The van der Waals surface area contributed by atoms with Gasteiger partial charge in [0.1, 0.15) is 22.6 Å². The van der Waals surface area contributed by atoms with Crippen LogP contribution in [0.2, 0.25) is 0 Å². The van der Waals surface area contributed by atoms with Crippen LogP contribution in [0.3, 0.4) is 0 Å². The Bertz CT molecular complexity index is 1430. The third-order valence-electron chi connectivity index (χ3n) is 5.20. The summed E-state index contributed by atoms with van der Waals surface area (Å²) in [6, 6.07) is 14.9. The number of nitrogens with zero attached hydrogens (tertiary/aromatic N) is 2. The Kier molecular flexibility index (Phi) is 6.05. The first-order chi connectivity index (χ1) is 16.3. The van der Waals surface area contributed by atoms with E-state index in [1.807, 2.05) is 24.3 Å². The van der Waals surface area contributed by atoms with Crippen LogP contribution in [0.1, 0.15) is 10.4 Å². The van der Waals surface area contributed by atoms with Crippen molar-refractivity contribution < 1.29 is 28.4 Å². The molecule has 34 heavy (non-hydrogen) atoms. The number of nitro groups is 1. The summed E-state index contributed by atoms with van der Waals surface area (Å²) in [5.74, 6) is -1.06. The zero-order chi connectivity index (χ0) is 24.4. The van der Waals surface area contributed by atoms with Gasteiger partial charge in [-0.15, -0.1) is 0 Å². The van der Waals surface area contributed by atoms with Gasteiger partial charge in [0.25, 0.3) is 11.6 Å². The number of fused-ring (bicyclic) bond motifs is 3. The zero-order valence-electron chi connectivity index (χ0n) is 18.7. The molecule has 1 heterocycles. The lowest BCUT2D eigenvalue weighted by Gasteiger charge is -2.13. The molecule has 0 atom stereocenters. The van der Waals surface area contributed by atoms with Crippen molar-refractivity contribution in [2.45, 2.75) is 0 Å². The highest BCUT2D eigenvalue weighted by molar-refractivity contribution is 6.08. The number of esters is 1. The summed E-state index contributed by atoms with van der Waals surface area (Å²) >= 11 is 0. The largest absolute Gasteiger partial charge is 0.495 e. The highest BCUT2D eigenvalue weighted by atomic mass is 16.6. The Balaban J connectivity index is 1.49. The Morgan fingerprint density at radius 1 is 1.06 bits per heavy atom. The highest BCUT2D eigenvalue weighted by Crippen LogP contribution is 2.36. The average Bonchev–Trinajstić information content (AvgIpc) is 3.18. The number of ether oxygens (including phenoxy) is 2. The van der Waals surface area contributed by atoms with Crippen LogP contribution in [-0.2, 0) is 9.53 Å². The minimum Gasteiger partial charge on any atom is -0.495 e. The fourth-order valence-electron chi connectivity index (χ4n) is 3.59. The first-order valence-electron chi connectivity index (χ1n) is 10.2. The lowest BCUT2D eigenvalue weighted by Crippen LogP contribution is -2.21. The number of amides is 1. The molecule has 4 rings (SSSR count). The van der Waals surface area contributed by atoms with Crippen molar-refractivity contribution in [3.63, 3.8) is 0 Å². The monoisotopic (exact) mass is 463 g/mol. The molecule has 0 fully saturated rings. The van der Waals surface area contributed by atoms with E-state index >= 15 is 0 Å². The van der Waals surface area contributed by atoms with Gasteiger partial charge in [-0.05, 0) is 24.3 Å². The van der Waals surface area contributed by atoms with E-state index in [4.69, 9.17) is 13.9 Å². The summed E-state index contributed by atoms with van der Waals surface area (Å²) in [7, 11) is 4.78. The molecular weight excluding hydrogens is 442 g/mol. The van der Waals surface area contributed by atoms with Crippen LogP contribution in [0.15, 0.2) is 59.0 Å². The van der Waals surface area contributed by atoms with Crippen LogP contribution in [0.25, 0.3) is 21.9 Å². The lowest BCUT2D eigenvalue weighted by molar-refractivity contribution is -0.384. The Morgan fingerprint density at radius 2 is 1.82 bits per heavy atom. The molecule has 174 valence electrons. The number of anilines is 2. The lowest BCUT2D eigenvalue weighted by atomic mass is 10.1. The molecule has 1 amide bonds. The fourth-order valence-corrected chi connectivity index (χ4v) is 3.59. The van der Waals surface area contributed by atoms with Crippen LogP contribution in [0.4, 0.5) is 17.1 Å². The molecule has 0 aliphatic heterocycles. The number of hydrogen-bond acceptors (Lipinski definition) is 8. The summed E-state index contributed by atoms with van der Waals surface area (Å²) < 4.78 is 16.3. The first kappa shape index (κ1) is 22.6. The van der Waals surface area contributed by atoms with Crippen LogP contribution < -0.4 is 15.0 Å². The maximum absolute atomic E-state index is 12.5. The molecule has 3 aromatic carbocycles. The highest BCUT2D eigenvalue weighted by Gasteiger charge is 2.20. The smallest absolute Gasteiger partial charge is 0.338 e. The molecular formula is C24H21N3O7. The summed E-state index contributed by atoms with van der Waals surface area (Å²) in [4.78, 5) is 37.1. The van der Waals surface area contributed by atoms with E-state index < -0.39 is 23.4 Å². The van der Waals surface area contributed by atoms with Crippen molar-refractivity contribution in [2.24, 2.45) is 0 Å². The van der Waals surface area contributed by atoms with Crippen LogP contribution in [0, 0.1) is 10.1 Å². The molecule has 1 aromatic heterocycles. The predicted molar refractivity (Wildman–Crippen MR) is 127 cm³/mol. The van der Waals surface area contributed by atoms with E-state index in [0.717, 1.165) is 16.8 Å². The van der Waals surface area contributed by atoms with Gasteiger partial charge in [0, 0.05) is 37.0 Å². The second-order valence-electron chi connectivity index (χ2n) is 7.63. The first-order valence-corrected chi connectivity index (χ1v) is 10.2. The molecule has 1 N–H and O–H groups in total. The SMILES string of the molecule is COc1cc2c(cc1NC(=O)COC(=O)c1ccc(N(C)C)c([N+](=O)[O-])c1)oc1ccccc12. The maximum atomic E-state index is 12.5. The van der Waals surface area contributed by atoms with Gasteiger partial charge in [0.15, 0.2) is 6.61 Å². The molecule has 0 saturated carbocycles. The number of carbonyl (C=O) groups excluding carboxylic acids is 2. The molecule has 0 saturated heterocycles. The van der Waals surface area contributed by atoms with E-state index in [-0.39, 0.29) is 11.3 Å². The standard InChI is InChI=1S/C24H21N3O7/c1-26(2)18-9-8-14(10-19(18)27(30)31)24(29)33-13-23(28)25-17-12-21-16(11-22(17)32-3)15-6-4-5-7-20(15)34-21/h4-12H,13H2,1-3H3,(H,25,28). The molecule has 0 radical (unpaired) electrons. The van der Waals surface area contributed by atoms with E-state index in [2.05, 4.69) is 5.32 Å². The van der Waals surface area contributed by atoms with Crippen LogP contribution in [-0.4, -0.2) is 44.6 Å². The van der Waals surface area contributed by atoms with E-state index in [9.17, 15) is 19.7 Å². The van der Waals surface area contributed by atoms with Crippen LogP contribution >= 0.6 is 0 Å². The summed E-state index contributed by atoms with van der Waals surface area (Å²) in [5, 5.41) is 15.7. The topological polar surface area (TPSA) is 124 Å². The Labute approximate surface area is 193 Å². The minimum atomic E-state index is -0.858. The van der Waals surface area contributed by atoms with Gasteiger partial charge in [-0.25, -0.2) is 4.79 Å². The van der Waals surface area contributed by atoms with Gasteiger partial charge >= 0.3 is 5.97 Å². The normalized spacial score (nSPS) is 10.8. The summed E-state index contributed by atoms with van der Waals surface area (Å²) in [5.41, 5.74) is 1.67. The predicted octanol–water partition coefficient (Wildman–Crippen LogP) is 4.36. The number of benzene rings is 3. The average molecular weight is 463 g/mol. The van der Waals surface area contributed by atoms with Gasteiger partial charge in [-0.3, -0.25) is 14.9 Å². The van der Waals surface area contributed by atoms with Crippen molar-refractivity contribution in [3.8, 4) is 5.75 Å². The molecule has 0 aliphatic rings. The van der Waals surface area contributed by atoms with Crippen molar-refractivity contribution in [1.29, 1.82) is 0 Å². The number of methoxy groups -OCH3 is 1. The molecule has 4 aromatic rings.